The molecule has 4 rings (SSSR count). The van der Waals surface area contributed by atoms with Crippen molar-refractivity contribution in [3.8, 4) is 5.75 Å². The highest BCUT2D eigenvalue weighted by Crippen LogP contribution is 2.29. The summed E-state index contributed by atoms with van der Waals surface area (Å²) in [7, 11) is 0. The first-order chi connectivity index (χ1) is 13.8. The van der Waals surface area contributed by atoms with E-state index in [2.05, 4.69) is 0 Å². The van der Waals surface area contributed by atoms with Crippen molar-refractivity contribution in [3.63, 3.8) is 0 Å². The van der Waals surface area contributed by atoms with Gasteiger partial charge in [-0.2, -0.15) is 0 Å². The molecule has 7 heteroatoms. The minimum Gasteiger partial charge on any atom is -0.486 e. The summed E-state index contributed by atoms with van der Waals surface area (Å²) in [5.41, 5.74) is 2.68. The predicted molar refractivity (Wildman–Crippen MR) is 107 cm³/mol. The molecular weight excluding hydrogens is 372 g/mol. The summed E-state index contributed by atoms with van der Waals surface area (Å²) in [5.74, 6) is 0.555. The Balaban J connectivity index is 1.34. The topological polar surface area (TPSA) is 80.1 Å². The van der Waals surface area contributed by atoms with Gasteiger partial charge in [-0.15, -0.1) is 0 Å². The molecule has 1 aromatic carbocycles. The summed E-state index contributed by atoms with van der Waals surface area (Å²) < 4.78 is 10.7. The van der Waals surface area contributed by atoms with Crippen LogP contribution < -0.4 is 15.3 Å². The van der Waals surface area contributed by atoms with Gasteiger partial charge in [0.2, 0.25) is 11.8 Å². The third-order valence-electron chi connectivity index (χ3n) is 5.61. The molecule has 2 aliphatic heterocycles. The van der Waals surface area contributed by atoms with Gasteiger partial charge in [0.15, 0.2) is 0 Å². The lowest BCUT2D eigenvalue weighted by atomic mass is 10.0. The summed E-state index contributed by atoms with van der Waals surface area (Å²) in [4.78, 5) is 40.1. The van der Waals surface area contributed by atoms with E-state index >= 15 is 0 Å². The lowest BCUT2D eigenvalue weighted by Gasteiger charge is -2.40. The molecule has 7 nitrogen and oxygen atoms in total. The number of amides is 2. The van der Waals surface area contributed by atoms with Gasteiger partial charge in [0, 0.05) is 24.7 Å². The lowest BCUT2D eigenvalue weighted by molar-refractivity contribution is -0.144. The minimum atomic E-state index is -0.455. The number of carbonyl (C=O) groups excluding carboxylic acids is 2. The number of aryl methyl sites for hydroxylation is 3. The van der Waals surface area contributed by atoms with Gasteiger partial charge in [-0.25, -0.2) is 4.79 Å². The van der Waals surface area contributed by atoms with Gasteiger partial charge >= 0.3 is 5.63 Å². The first-order valence-electron chi connectivity index (χ1n) is 9.75. The molecule has 0 bridgehead atoms. The Labute approximate surface area is 168 Å². The van der Waals surface area contributed by atoms with Gasteiger partial charge in [-0.1, -0.05) is 6.07 Å². The maximum absolute atomic E-state index is 12.8. The highest BCUT2D eigenvalue weighted by atomic mass is 16.5. The van der Waals surface area contributed by atoms with E-state index in [0.717, 1.165) is 11.3 Å². The average molecular weight is 396 g/mol. The Kier molecular flexibility index (Phi) is 4.90. The van der Waals surface area contributed by atoms with Crippen molar-refractivity contribution < 1.29 is 18.7 Å². The lowest BCUT2D eigenvalue weighted by Crippen LogP contribution is -2.57. The van der Waals surface area contributed by atoms with Gasteiger partial charge in [0.25, 0.3) is 0 Å². The molecule has 29 heavy (non-hydrogen) atoms. The Hall–Kier alpha value is -3.09. The number of anilines is 1. The molecule has 1 unspecified atom stereocenters. The van der Waals surface area contributed by atoms with E-state index in [-0.39, 0.29) is 30.3 Å². The average Bonchev–Trinajstić information content (AvgIpc) is 3.00. The molecule has 2 aromatic rings. The fraction of sp³-hybridized carbons (Fsp3) is 0.409. The summed E-state index contributed by atoms with van der Waals surface area (Å²) >= 11 is 0. The van der Waals surface area contributed by atoms with Crippen LogP contribution in [0.25, 0.3) is 0 Å². The van der Waals surface area contributed by atoms with Crippen LogP contribution in [-0.2, 0) is 9.59 Å². The molecule has 0 radical (unpaired) electrons. The summed E-state index contributed by atoms with van der Waals surface area (Å²) in [6.45, 7) is 7.03. The SMILES string of the molecule is Cc1cc(OC2CN(C(=O)C3CC(=O)N(c4ccc(C)c(C)c4)C3)C2)cc(=O)o1. The highest BCUT2D eigenvalue weighted by Gasteiger charge is 2.41. The molecule has 0 saturated carbocycles. The van der Waals surface area contributed by atoms with E-state index in [1.54, 1.807) is 22.8 Å². The Morgan fingerprint density at radius 2 is 1.79 bits per heavy atom. The molecule has 3 heterocycles. The number of hydrogen-bond acceptors (Lipinski definition) is 5. The van der Waals surface area contributed by atoms with E-state index in [1.165, 1.54) is 11.6 Å². The maximum atomic E-state index is 12.8. The maximum Gasteiger partial charge on any atom is 0.339 e. The minimum absolute atomic E-state index is 0.0201. The van der Waals surface area contributed by atoms with E-state index in [0.29, 0.717) is 31.1 Å². The first-order valence-corrected chi connectivity index (χ1v) is 9.75. The monoisotopic (exact) mass is 396 g/mol. The zero-order valence-electron chi connectivity index (χ0n) is 16.8. The van der Waals surface area contributed by atoms with Gasteiger partial charge in [-0.05, 0) is 44.0 Å². The number of carbonyl (C=O) groups is 2. The molecule has 0 aliphatic carbocycles. The second-order valence-corrected chi connectivity index (χ2v) is 7.88. The summed E-state index contributed by atoms with van der Waals surface area (Å²) in [6, 6.07) is 8.87. The number of nitrogens with zero attached hydrogens (tertiary/aromatic N) is 2. The third kappa shape index (κ3) is 3.90. The molecule has 152 valence electrons. The third-order valence-corrected chi connectivity index (χ3v) is 5.61. The molecule has 2 amide bonds. The van der Waals surface area contributed by atoms with Crippen molar-refractivity contribution in [3.05, 3.63) is 57.6 Å². The molecular formula is C22H24N2O5. The highest BCUT2D eigenvalue weighted by molar-refractivity contribution is 6.00. The fourth-order valence-corrected chi connectivity index (χ4v) is 3.80. The summed E-state index contributed by atoms with van der Waals surface area (Å²) in [5, 5.41) is 0. The fourth-order valence-electron chi connectivity index (χ4n) is 3.80. The molecule has 0 N–H and O–H groups in total. The van der Waals surface area contributed by atoms with Crippen LogP contribution in [0.5, 0.6) is 5.75 Å². The van der Waals surface area contributed by atoms with Crippen LogP contribution in [0.3, 0.4) is 0 Å². The van der Waals surface area contributed by atoms with Crippen molar-refractivity contribution in [2.45, 2.75) is 33.3 Å². The van der Waals surface area contributed by atoms with Gasteiger partial charge in [0.05, 0.1) is 25.1 Å². The molecule has 2 fully saturated rings. The Morgan fingerprint density at radius 1 is 1.03 bits per heavy atom. The second kappa shape index (κ2) is 7.39. The van der Waals surface area contributed by atoms with Crippen LogP contribution in [0.1, 0.15) is 23.3 Å². The van der Waals surface area contributed by atoms with Crippen LogP contribution in [-0.4, -0.2) is 42.5 Å². The molecule has 1 atom stereocenters. The van der Waals surface area contributed by atoms with Crippen LogP contribution in [0.15, 0.2) is 39.5 Å². The van der Waals surface area contributed by atoms with Crippen molar-refractivity contribution in [2.75, 3.05) is 24.5 Å². The number of ether oxygens (including phenoxy) is 1. The normalized spacial score (nSPS) is 19.4. The number of likely N-dealkylation sites (tertiary alicyclic amines) is 1. The van der Waals surface area contributed by atoms with Crippen molar-refractivity contribution in [1.29, 1.82) is 0 Å². The molecule has 2 saturated heterocycles. The predicted octanol–water partition coefficient (Wildman–Crippen LogP) is 2.21. The van der Waals surface area contributed by atoms with Gasteiger partial charge in [-0.3, -0.25) is 9.59 Å². The van der Waals surface area contributed by atoms with E-state index in [9.17, 15) is 14.4 Å². The quantitative estimate of drug-likeness (QED) is 0.792. The number of benzene rings is 1. The number of rotatable bonds is 4. The second-order valence-electron chi connectivity index (χ2n) is 7.88. The zero-order chi connectivity index (χ0) is 20.7. The van der Waals surface area contributed by atoms with E-state index < -0.39 is 5.63 Å². The van der Waals surface area contributed by atoms with Crippen LogP contribution >= 0.6 is 0 Å². The largest absolute Gasteiger partial charge is 0.486 e. The molecule has 1 aromatic heterocycles. The van der Waals surface area contributed by atoms with Crippen molar-refractivity contribution in [1.82, 2.24) is 4.90 Å². The van der Waals surface area contributed by atoms with Gasteiger partial charge < -0.3 is 19.0 Å². The van der Waals surface area contributed by atoms with Crippen molar-refractivity contribution >= 4 is 17.5 Å². The molecule has 2 aliphatic rings. The van der Waals surface area contributed by atoms with E-state index in [1.807, 2.05) is 32.0 Å². The first kappa shape index (κ1) is 19.2. The Morgan fingerprint density at radius 3 is 2.48 bits per heavy atom. The summed E-state index contributed by atoms with van der Waals surface area (Å²) in [6.07, 6.45) is 0.0697. The smallest absolute Gasteiger partial charge is 0.339 e. The number of hydrogen-bond donors (Lipinski definition) is 0. The van der Waals surface area contributed by atoms with Crippen LogP contribution in [0.4, 0.5) is 5.69 Å². The van der Waals surface area contributed by atoms with Crippen molar-refractivity contribution in [2.24, 2.45) is 5.92 Å². The standard InChI is InChI=1S/C22H24N2O5/c1-13-4-5-17(6-14(13)2)24-10-16(8-20(24)25)22(27)23-11-19(12-23)29-18-7-15(3)28-21(26)9-18/h4-7,9,16,19H,8,10-12H2,1-3H3. The Bertz CT molecular complexity index is 1020. The van der Waals surface area contributed by atoms with E-state index in [4.69, 9.17) is 9.15 Å². The zero-order valence-corrected chi connectivity index (χ0v) is 16.8. The van der Waals surface area contributed by atoms with Crippen LogP contribution in [0.2, 0.25) is 0 Å². The van der Waals surface area contributed by atoms with Crippen LogP contribution in [0, 0.1) is 26.7 Å². The molecule has 0 spiro atoms. The van der Waals surface area contributed by atoms with Gasteiger partial charge in [0.1, 0.15) is 17.6 Å².